The lowest BCUT2D eigenvalue weighted by Gasteiger charge is -2.25. The summed E-state index contributed by atoms with van der Waals surface area (Å²) in [6, 6.07) is 16.2. The summed E-state index contributed by atoms with van der Waals surface area (Å²) >= 11 is 1.43. The fourth-order valence-electron chi connectivity index (χ4n) is 4.11. The number of Topliss-reactive ketones (excluding diaryl/α,β-unsaturated/α-hetero) is 1. The van der Waals surface area contributed by atoms with E-state index in [9.17, 15) is 24.3 Å². The number of ether oxygens (including phenoxy) is 2. The molecular formula is C30H33N3O7S. The van der Waals surface area contributed by atoms with Gasteiger partial charge in [-0.05, 0) is 55.0 Å². The lowest BCUT2D eigenvalue weighted by atomic mass is 9.94. The third-order valence-electron chi connectivity index (χ3n) is 6.67. The second-order valence-corrected chi connectivity index (χ2v) is 11.1. The molecular weight excluding hydrogens is 546 g/mol. The minimum absolute atomic E-state index is 0.0451. The Morgan fingerprint density at radius 2 is 1.59 bits per heavy atom. The van der Waals surface area contributed by atoms with E-state index in [1.807, 2.05) is 47.8 Å². The van der Waals surface area contributed by atoms with Crippen LogP contribution in [0, 0.1) is 0 Å². The van der Waals surface area contributed by atoms with Crippen LogP contribution in [-0.2, 0) is 43.3 Å². The van der Waals surface area contributed by atoms with Gasteiger partial charge in [0.1, 0.15) is 30.0 Å². The third kappa shape index (κ3) is 8.63. The van der Waals surface area contributed by atoms with Crippen LogP contribution in [0.3, 0.4) is 0 Å². The molecule has 0 aliphatic carbocycles. The van der Waals surface area contributed by atoms with E-state index in [1.165, 1.54) is 30.4 Å². The van der Waals surface area contributed by atoms with Crippen LogP contribution in [0.25, 0.3) is 0 Å². The molecule has 11 heteroatoms. The number of hydrogen-bond acceptors (Lipinski definition) is 8. The molecule has 4 N–H and O–H groups in total. The van der Waals surface area contributed by atoms with Crippen molar-refractivity contribution in [2.24, 2.45) is 0 Å². The third-order valence-corrected chi connectivity index (χ3v) is 7.57. The Morgan fingerprint density at radius 3 is 2.22 bits per heavy atom. The molecule has 4 atom stereocenters. The summed E-state index contributed by atoms with van der Waals surface area (Å²) in [6.45, 7) is 3.46. The van der Waals surface area contributed by atoms with E-state index in [4.69, 9.17) is 9.47 Å². The van der Waals surface area contributed by atoms with E-state index >= 15 is 0 Å². The summed E-state index contributed by atoms with van der Waals surface area (Å²) in [4.78, 5) is 53.0. The monoisotopic (exact) mass is 579 g/mol. The van der Waals surface area contributed by atoms with Gasteiger partial charge in [-0.15, -0.1) is 11.3 Å². The molecule has 1 saturated heterocycles. The topological polar surface area (TPSA) is 146 Å². The van der Waals surface area contributed by atoms with E-state index in [2.05, 4.69) is 16.0 Å². The highest BCUT2D eigenvalue weighted by Gasteiger charge is 2.50. The zero-order chi connectivity index (χ0) is 29.4. The molecule has 0 spiro atoms. The van der Waals surface area contributed by atoms with Crippen molar-refractivity contribution in [3.8, 4) is 5.75 Å². The number of epoxide rings is 1. The standard InChI is InChI=1S/C30H33N3O7S/c1-19(31-29(38)39-17-21-7-4-3-5-8-21)27(36)33-25(16-23-9-6-14-41-23)28(37)32-24(26(35)30(2)18-40-30)15-20-10-12-22(34)13-11-20/h3-14,19,24-25,34H,15-18H2,1-2H3,(H,31,38)(H,32,37)(H,33,36)/t19-,24-,25-,30-/m0/s1. The summed E-state index contributed by atoms with van der Waals surface area (Å²) in [5.74, 6) is -1.33. The zero-order valence-corrected chi connectivity index (χ0v) is 23.6. The van der Waals surface area contributed by atoms with Gasteiger partial charge in [0.05, 0.1) is 12.6 Å². The quantitative estimate of drug-likeness (QED) is 0.228. The van der Waals surface area contributed by atoms with E-state index in [-0.39, 0.29) is 37.6 Å². The van der Waals surface area contributed by atoms with Crippen molar-refractivity contribution in [2.45, 2.75) is 57.0 Å². The van der Waals surface area contributed by atoms with Crippen LogP contribution in [0.4, 0.5) is 4.79 Å². The van der Waals surface area contributed by atoms with Crippen LogP contribution in [0.2, 0.25) is 0 Å². The number of rotatable bonds is 13. The van der Waals surface area contributed by atoms with Crippen LogP contribution in [0.15, 0.2) is 72.1 Å². The molecule has 1 aliphatic rings. The van der Waals surface area contributed by atoms with Crippen LogP contribution in [-0.4, -0.2) is 59.1 Å². The van der Waals surface area contributed by atoms with Gasteiger partial charge in [0, 0.05) is 11.3 Å². The van der Waals surface area contributed by atoms with E-state index in [1.54, 1.807) is 19.1 Å². The summed E-state index contributed by atoms with van der Waals surface area (Å²) in [5.41, 5.74) is 0.547. The highest BCUT2D eigenvalue weighted by molar-refractivity contribution is 7.09. The smallest absolute Gasteiger partial charge is 0.408 e. The molecule has 3 aromatic rings. The van der Waals surface area contributed by atoms with Crippen molar-refractivity contribution in [1.82, 2.24) is 16.0 Å². The maximum atomic E-state index is 13.5. The molecule has 0 bridgehead atoms. The Kier molecular flexibility index (Phi) is 9.74. The van der Waals surface area contributed by atoms with Crippen LogP contribution in [0.5, 0.6) is 5.75 Å². The average Bonchev–Trinajstić information content (AvgIpc) is 3.50. The van der Waals surface area contributed by atoms with Gasteiger partial charge in [-0.1, -0.05) is 48.5 Å². The molecule has 216 valence electrons. The number of phenolic OH excluding ortho intramolecular Hbond substituents is 1. The highest BCUT2D eigenvalue weighted by Crippen LogP contribution is 2.29. The average molecular weight is 580 g/mol. The largest absolute Gasteiger partial charge is 0.508 e. The first-order valence-electron chi connectivity index (χ1n) is 13.2. The maximum absolute atomic E-state index is 13.5. The maximum Gasteiger partial charge on any atom is 0.408 e. The Morgan fingerprint density at radius 1 is 0.902 bits per heavy atom. The molecule has 2 heterocycles. The fourth-order valence-corrected chi connectivity index (χ4v) is 4.86. The molecule has 2 aromatic carbocycles. The summed E-state index contributed by atoms with van der Waals surface area (Å²) in [5, 5.41) is 19.5. The van der Waals surface area contributed by atoms with Crippen molar-refractivity contribution >= 4 is 35.0 Å². The van der Waals surface area contributed by atoms with Crippen molar-refractivity contribution < 1.29 is 33.8 Å². The normalized spacial score (nSPS) is 17.9. The number of phenols is 1. The molecule has 1 aliphatic heterocycles. The number of nitrogens with one attached hydrogen (secondary N) is 3. The Bertz CT molecular complexity index is 1340. The van der Waals surface area contributed by atoms with Gasteiger partial charge < -0.3 is 30.5 Å². The van der Waals surface area contributed by atoms with Gasteiger partial charge >= 0.3 is 6.09 Å². The summed E-state index contributed by atoms with van der Waals surface area (Å²) in [6.07, 6.45) is -0.406. The van der Waals surface area contributed by atoms with Gasteiger partial charge in [-0.2, -0.15) is 0 Å². The predicted octanol–water partition coefficient (Wildman–Crippen LogP) is 2.88. The van der Waals surface area contributed by atoms with Crippen molar-refractivity contribution in [3.05, 3.63) is 88.1 Å². The van der Waals surface area contributed by atoms with Crippen LogP contribution >= 0.6 is 11.3 Å². The predicted molar refractivity (Wildman–Crippen MR) is 152 cm³/mol. The number of carbonyl (C=O) groups excluding carboxylic acids is 4. The molecule has 10 nitrogen and oxygen atoms in total. The molecule has 0 saturated carbocycles. The first-order chi connectivity index (χ1) is 19.6. The van der Waals surface area contributed by atoms with E-state index in [0.29, 0.717) is 0 Å². The van der Waals surface area contributed by atoms with Gasteiger partial charge in [0.25, 0.3) is 0 Å². The molecule has 3 amide bonds. The Hall–Kier alpha value is -4.22. The minimum Gasteiger partial charge on any atom is -0.508 e. The Labute approximate surface area is 242 Å². The number of aromatic hydroxyl groups is 1. The number of hydrogen-bond donors (Lipinski definition) is 4. The van der Waals surface area contributed by atoms with E-state index < -0.39 is 41.6 Å². The summed E-state index contributed by atoms with van der Waals surface area (Å²) in [7, 11) is 0. The molecule has 4 rings (SSSR count). The fraction of sp³-hybridized carbons (Fsp3) is 0.333. The van der Waals surface area contributed by atoms with Crippen molar-refractivity contribution in [1.29, 1.82) is 0 Å². The highest BCUT2D eigenvalue weighted by atomic mass is 32.1. The molecule has 0 unspecified atom stereocenters. The SMILES string of the molecule is C[C@H](NC(=O)OCc1ccccc1)C(=O)N[C@@H](Cc1cccs1)C(=O)N[C@@H](Cc1ccc(O)cc1)C(=O)[C@]1(C)CO1. The van der Waals surface area contributed by atoms with Gasteiger partial charge in [0.2, 0.25) is 11.8 Å². The zero-order valence-electron chi connectivity index (χ0n) is 22.8. The minimum atomic E-state index is -1.02. The number of ketones is 1. The first-order valence-corrected chi connectivity index (χ1v) is 14.1. The molecule has 1 aromatic heterocycles. The van der Waals surface area contributed by atoms with E-state index in [0.717, 1.165) is 16.0 Å². The number of carbonyl (C=O) groups is 4. The number of amides is 3. The van der Waals surface area contributed by atoms with Gasteiger partial charge in [0.15, 0.2) is 5.78 Å². The summed E-state index contributed by atoms with van der Waals surface area (Å²) < 4.78 is 10.5. The first kappa shape index (κ1) is 29.8. The second kappa shape index (κ2) is 13.4. The molecule has 41 heavy (non-hydrogen) atoms. The van der Waals surface area contributed by atoms with Crippen molar-refractivity contribution in [3.63, 3.8) is 0 Å². The van der Waals surface area contributed by atoms with Gasteiger partial charge in [-0.25, -0.2) is 4.79 Å². The van der Waals surface area contributed by atoms with Crippen LogP contribution < -0.4 is 16.0 Å². The number of alkyl carbamates (subject to hydrolysis) is 1. The number of thiophene rings is 1. The van der Waals surface area contributed by atoms with Gasteiger partial charge in [-0.3, -0.25) is 14.4 Å². The van der Waals surface area contributed by atoms with Crippen molar-refractivity contribution in [2.75, 3.05) is 6.61 Å². The number of benzene rings is 2. The molecule has 1 fully saturated rings. The Balaban J connectivity index is 1.42. The second-order valence-electron chi connectivity index (χ2n) is 10.1. The molecule has 0 radical (unpaired) electrons. The lowest BCUT2D eigenvalue weighted by Crippen LogP contribution is -2.57. The lowest BCUT2D eigenvalue weighted by molar-refractivity contribution is -0.133. The van der Waals surface area contributed by atoms with Crippen LogP contribution in [0.1, 0.15) is 29.9 Å².